The van der Waals surface area contributed by atoms with Gasteiger partial charge in [0.1, 0.15) is 10.6 Å². The Kier molecular flexibility index (Phi) is 4.88. The quantitative estimate of drug-likeness (QED) is 0.819. The molecule has 0 radical (unpaired) electrons. The summed E-state index contributed by atoms with van der Waals surface area (Å²) in [4.78, 5) is 0.0591. The number of ether oxygens (including phenoxy) is 2. The molecule has 118 valence electrons. The Balaban J connectivity index is 2.19. The number of benzene rings is 1. The Morgan fingerprint density at radius 1 is 1.48 bits per heavy atom. The predicted molar refractivity (Wildman–Crippen MR) is 77.7 cm³/mol. The second-order valence-electron chi connectivity index (χ2n) is 5.37. The van der Waals surface area contributed by atoms with Crippen LogP contribution in [0.4, 0.5) is 0 Å². The molecule has 1 fully saturated rings. The maximum absolute atomic E-state index is 12.4. The number of nitrogens with one attached hydrogen (secondary N) is 1. The summed E-state index contributed by atoms with van der Waals surface area (Å²) >= 11 is 0. The molecule has 0 spiro atoms. The Hall–Kier alpha value is -1.15. The summed E-state index contributed by atoms with van der Waals surface area (Å²) in [5, 5.41) is 9.09. The predicted octanol–water partition coefficient (Wildman–Crippen LogP) is 1.03. The number of hydrogen-bond donors (Lipinski definition) is 2. The fraction of sp³-hybridized carbons (Fsp3) is 0.571. The third-order valence-corrected chi connectivity index (χ3v) is 5.08. The number of rotatable bonds is 6. The van der Waals surface area contributed by atoms with Gasteiger partial charge in [-0.25, -0.2) is 13.1 Å². The molecule has 1 aliphatic rings. The van der Waals surface area contributed by atoms with E-state index in [0.29, 0.717) is 12.2 Å². The summed E-state index contributed by atoms with van der Waals surface area (Å²) in [5.74, 6) is 0.214. The van der Waals surface area contributed by atoms with E-state index in [2.05, 4.69) is 4.72 Å². The molecule has 6 nitrogen and oxygen atoms in total. The van der Waals surface area contributed by atoms with Gasteiger partial charge >= 0.3 is 0 Å². The summed E-state index contributed by atoms with van der Waals surface area (Å²) in [5.41, 5.74) is 0.141. The molecule has 0 bridgehead atoms. The van der Waals surface area contributed by atoms with E-state index in [1.165, 1.54) is 19.2 Å². The van der Waals surface area contributed by atoms with Crippen LogP contribution in [0.2, 0.25) is 0 Å². The molecule has 0 amide bonds. The summed E-state index contributed by atoms with van der Waals surface area (Å²) in [6, 6.07) is 4.51. The Morgan fingerprint density at radius 2 is 2.24 bits per heavy atom. The van der Waals surface area contributed by atoms with Crippen molar-refractivity contribution in [2.75, 3.05) is 20.3 Å². The van der Waals surface area contributed by atoms with E-state index in [1.54, 1.807) is 6.07 Å². The lowest BCUT2D eigenvalue weighted by atomic mass is 10.0. The maximum atomic E-state index is 12.4. The van der Waals surface area contributed by atoms with Gasteiger partial charge < -0.3 is 14.6 Å². The SMILES string of the molecule is COc1cc(CO)ccc1S(=O)(=O)NCC1(C)CCCO1. The van der Waals surface area contributed by atoms with Crippen molar-refractivity contribution in [3.63, 3.8) is 0 Å². The van der Waals surface area contributed by atoms with Gasteiger partial charge in [0, 0.05) is 13.2 Å². The molecule has 1 aliphatic heterocycles. The van der Waals surface area contributed by atoms with Crippen molar-refractivity contribution in [1.29, 1.82) is 0 Å². The Morgan fingerprint density at radius 3 is 2.81 bits per heavy atom. The zero-order valence-electron chi connectivity index (χ0n) is 12.3. The van der Waals surface area contributed by atoms with Crippen molar-refractivity contribution >= 4 is 10.0 Å². The van der Waals surface area contributed by atoms with Crippen molar-refractivity contribution in [3.05, 3.63) is 23.8 Å². The van der Waals surface area contributed by atoms with Crippen LogP contribution < -0.4 is 9.46 Å². The van der Waals surface area contributed by atoms with Crippen LogP contribution in [0.25, 0.3) is 0 Å². The zero-order chi connectivity index (χ0) is 15.5. The topological polar surface area (TPSA) is 84.9 Å². The molecule has 21 heavy (non-hydrogen) atoms. The first-order valence-electron chi connectivity index (χ1n) is 6.82. The number of aliphatic hydroxyl groups excluding tert-OH is 1. The number of hydrogen-bond acceptors (Lipinski definition) is 5. The average molecular weight is 315 g/mol. The first-order chi connectivity index (χ1) is 9.90. The molecule has 1 aromatic rings. The summed E-state index contributed by atoms with van der Waals surface area (Å²) in [6.07, 6.45) is 1.77. The van der Waals surface area contributed by atoms with Gasteiger partial charge in [0.2, 0.25) is 10.0 Å². The highest BCUT2D eigenvalue weighted by Gasteiger charge is 2.32. The summed E-state index contributed by atoms with van der Waals surface area (Å²) in [7, 11) is -2.29. The van der Waals surface area contributed by atoms with E-state index < -0.39 is 15.6 Å². The highest BCUT2D eigenvalue weighted by Crippen LogP contribution is 2.27. The number of methoxy groups -OCH3 is 1. The molecule has 0 aromatic heterocycles. The van der Waals surface area contributed by atoms with Gasteiger partial charge in [-0.05, 0) is 37.5 Å². The lowest BCUT2D eigenvalue weighted by molar-refractivity contribution is 0.0250. The number of sulfonamides is 1. The number of aliphatic hydroxyl groups is 1. The highest BCUT2D eigenvalue weighted by atomic mass is 32.2. The van der Waals surface area contributed by atoms with Gasteiger partial charge in [0.05, 0.1) is 19.3 Å². The largest absolute Gasteiger partial charge is 0.495 e. The molecular weight excluding hydrogens is 294 g/mol. The fourth-order valence-corrected chi connectivity index (χ4v) is 3.64. The maximum Gasteiger partial charge on any atom is 0.244 e. The monoisotopic (exact) mass is 315 g/mol. The molecule has 1 heterocycles. The van der Waals surface area contributed by atoms with E-state index >= 15 is 0 Å². The van der Waals surface area contributed by atoms with E-state index in [-0.39, 0.29) is 23.8 Å². The first kappa shape index (κ1) is 16.2. The second-order valence-corrected chi connectivity index (χ2v) is 7.11. The van der Waals surface area contributed by atoms with Crippen molar-refractivity contribution in [1.82, 2.24) is 4.72 Å². The first-order valence-corrected chi connectivity index (χ1v) is 8.30. The van der Waals surface area contributed by atoms with Gasteiger partial charge in [-0.2, -0.15) is 0 Å². The second kappa shape index (κ2) is 6.31. The normalized spacial score (nSPS) is 22.4. The van der Waals surface area contributed by atoms with Crippen LogP contribution in [-0.4, -0.2) is 39.4 Å². The lowest BCUT2D eigenvalue weighted by Crippen LogP contribution is -2.40. The minimum absolute atomic E-state index is 0.0591. The van der Waals surface area contributed by atoms with E-state index in [1.807, 2.05) is 6.92 Å². The molecule has 1 atom stereocenters. The van der Waals surface area contributed by atoms with Gasteiger partial charge in [0.15, 0.2) is 0 Å². The van der Waals surface area contributed by atoms with Gasteiger partial charge in [-0.3, -0.25) is 0 Å². The van der Waals surface area contributed by atoms with E-state index in [9.17, 15) is 8.42 Å². The average Bonchev–Trinajstić information content (AvgIpc) is 2.92. The van der Waals surface area contributed by atoms with Crippen LogP contribution in [0.15, 0.2) is 23.1 Å². The summed E-state index contributed by atoms with van der Waals surface area (Å²) < 4.78 is 38.1. The fourth-order valence-electron chi connectivity index (χ4n) is 2.33. The van der Waals surface area contributed by atoms with E-state index in [0.717, 1.165) is 12.8 Å². The van der Waals surface area contributed by atoms with E-state index in [4.69, 9.17) is 14.6 Å². The molecule has 2 rings (SSSR count). The van der Waals surface area contributed by atoms with Gasteiger partial charge in [-0.15, -0.1) is 0 Å². The third kappa shape index (κ3) is 3.74. The molecule has 1 unspecified atom stereocenters. The third-order valence-electron chi connectivity index (χ3n) is 3.64. The molecular formula is C14H21NO5S. The highest BCUT2D eigenvalue weighted by molar-refractivity contribution is 7.89. The molecule has 0 aliphatic carbocycles. The molecule has 1 aromatic carbocycles. The van der Waals surface area contributed by atoms with Crippen LogP contribution in [0.5, 0.6) is 5.75 Å². The van der Waals surface area contributed by atoms with Crippen LogP contribution in [0.3, 0.4) is 0 Å². The van der Waals surface area contributed by atoms with Crippen molar-refractivity contribution in [2.45, 2.75) is 36.9 Å². The van der Waals surface area contributed by atoms with Crippen molar-refractivity contribution in [2.24, 2.45) is 0 Å². The standard InChI is InChI=1S/C14H21NO5S/c1-14(6-3-7-20-14)10-15-21(17,18)13-5-4-11(9-16)8-12(13)19-2/h4-5,8,15-16H,3,6-7,9-10H2,1-2H3. The van der Waals surface area contributed by atoms with Crippen molar-refractivity contribution < 1.29 is 23.0 Å². The van der Waals surface area contributed by atoms with Gasteiger partial charge in [-0.1, -0.05) is 6.07 Å². The zero-order valence-corrected chi connectivity index (χ0v) is 13.1. The molecule has 7 heteroatoms. The molecule has 1 saturated heterocycles. The van der Waals surface area contributed by atoms with Crippen LogP contribution >= 0.6 is 0 Å². The molecule has 0 saturated carbocycles. The lowest BCUT2D eigenvalue weighted by Gasteiger charge is -2.23. The Bertz CT molecular complexity index is 593. The summed E-state index contributed by atoms with van der Waals surface area (Å²) in [6.45, 7) is 2.61. The molecule has 2 N–H and O–H groups in total. The minimum atomic E-state index is -3.69. The van der Waals surface area contributed by atoms with Gasteiger partial charge in [0.25, 0.3) is 0 Å². The Labute approximate surface area is 125 Å². The van der Waals surface area contributed by atoms with Crippen molar-refractivity contribution in [3.8, 4) is 5.75 Å². The van der Waals surface area contributed by atoms with Crippen LogP contribution in [-0.2, 0) is 21.4 Å². The van der Waals surface area contributed by atoms with Crippen LogP contribution in [0.1, 0.15) is 25.3 Å². The minimum Gasteiger partial charge on any atom is -0.495 e. The smallest absolute Gasteiger partial charge is 0.244 e. The van der Waals surface area contributed by atoms with Crippen LogP contribution in [0, 0.1) is 0 Å².